The van der Waals surface area contributed by atoms with Gasteiger partial charge < -0.3 is 15.9 Å². The molecule has 2 unspecified atom stereocenters. The number of carbonyl (C=O) groups excluding carboxylic acids is 1. The highest BCUT2D eigenvalue weighted by atomic mass is 32.2. The molecule has 0 aliphatic carbocycles. The van der Waals surface area contributed by atoms with Crippen molar-refractivity contribution >= 4 is 33.7 Å². The molecule has 9 heteroatoms. The van der Waals surface area contributed by atoms with Crippen LogP contribution in [0.3, 0.4) is 0 Å². The van der Waals surface area contributed by atoms with Gasteiger partial charge >= 0.3 is 0 Å². The summed E-state index contributed by atoms with van der Waals surface area (Å²) in [4.78, 5) is 18.6. The third kappa shape index (κ3) is 3.06. The number of H-pyrrole nitrogens is 1. The smallest absolute Gasteiger partial charge is 0.186 e. The van der Waals surface area contributed by atoms with Gasteiger partial charge in [0.2, 0.25) is 0 Å². The molecule has 2 aromatic rings. The minimum absolute atomic E-state index is 0.0312. The summed E-state index contributed by atoms with van der Waals surface area (Å²) in [6.45, 7) is 1.45. The topological polar surface area (TPSA) is 138 Å². The number of thioether (sulfide) groups is 1. The lowest BCUT2D eigenvalue weighted by Gasteiger charge is -2.16. The largest absolute Gasteiger partial charge is 0.390 e. The molecule has 0 amide bonds. The molecule has 2 heterocycles. The van der Waals surface area contributed by atoms with Gasteiger partial charge in [-0.3, -0.25) is 9.89 Å². The molecule has 2 rings (SSSR count). The van der Waals surface area contributed by atoms with E-state index in [1.807, 2.05) is 0 Å². The molecule has 0 bridgehead atoms. The van der Waals surface area contributed by atoms with Crippen LogP contribution in [0.25, 0.3) is 11.0 Å². The van der Waals surface area contributed by atoms with E-state index in [0.29, 0.717) is 16.8 Å². The van der Waals surface area contributed by atoms with Gasteiger partial charge in [-0.1, -0.05) is 11.8 Å². The fourth-order valence-electron chi connectivity index (χ4n) is 1.79. The molecule has 0 aliphatic rings. The van der Waals surface area contributed by atoms with Gasteiger partial charge in [0.1, 0.15) is 18.2 Å². The van der Waals surface area contributed by atoms with E-state index in [9.17, 15) is 15.0 Å². The molecule has 2 aromatic heterocycles. The summed E-state index contributed by atoms with van der Waals surface area (Å²) in [5.41, 5.74) is 6.33. The molecule has 20 heavy (non-hydrogen) atoms. The lowest BCUT2D eigenvalue weighted by molar-refractivity contribution is -0.109. The van der Waals surface area contributed by atoms with Gasteiger partial charge in [-0.2, -0.15) is 5.10 Å². The van der Waals surface area contributed by atoms with E-state index in [1.165, 1.54) is 13.3 Å². The Morgan fingerprint density at radius 3 is 2.95 bits per heavy atom. The highest BCUT2D eigenvalue weighted by Gasteiger charge is 2.24. The molecule has 0 fully saturated rings. The van der Waals surface area contributed by atoms with Crippen molar-refractivity contribution in [2.24, 2.45) is 0 Å². The number of carbonyl (C=O) groups is 1. The van der Waals surface area contributed by atoms with Crippen molar-refractivity contribution in [1.29, 1.82) is 0 Å². The van der Waals surface area contributed by atoms with Gasteiger partial charge in [-0.05, 0) is 6.42 Å². The third-order valence-corrected chi connectivity index (χ3v) is 3.63. The maximum Gasteiger partial charge on any atom is 0.186 e. The van der Waals surface area contributed by atoms with Crippen LogP contribution in [0.1, 0.15) is 25.1 Å². The Bertz CT molecular complexity index is 617. The van der Waals surface area contributed by atoms with E-state index >= 15 is 0 Å². The number of aromatic nitrogens is 4. The van der Waals surface area contributed by atoms with Crippen LogP contribution in [0.5, 0.6) is 0 Å². The molecular formula is C11H15N5O3S. The highest BCUT2D eigenvalue weighted by molar-refractivity contribution is 8.13. The van der Waals surface area contributed by atoms with Crippen molar-refractivity contribution in [2.75, 3.05) is 11.5 Å². The summed E-state index contributed by atoms with van der Waals surface area (Å²) >= 11 is 1.10. The number of fused-ring (bicyclic) bond motifs is 1. The van der Waals surface area contributed by atoms with E-state index in [-0.39, 0.29) is 23.0 Å². The maximum absolute atomic E-state index is 10.8. The number of hydrogen-bond acceptors (Lipinski definition) is 8. The lowest BCUT2D eigenvalue weighted by Crippen LogP contribution is -2.20. The van der Waals surface area contributed by atoms with Crippen LogP contribution in [0.4, 0.5) is 5.82 Å². The number of aliphatic hydroxyl groups excluding tert-OH is 2. The first-order valence-corrected chi connectivity index (χ1v) is 6.93. The second-order valence-electron chi connectivity index (χ2n) is 4.24. The third-order valence-electron chi connectivity index (χ3n) is 2.79. The lowest BCUT2D eigenvalue weighted by atomic mass is 10.1. The molecule has 0 spiro atoms. The summed E-state index contributed by atoms with van der Waals surface area (Å²) < 4.78 is 0. The Morgan fingerprint density at radius 1 is 1.50 bits per heavy atom. The highest BCUT2D eigenvalue weighted by Crippen LogP contribution is 2.27. The standard InChI is InChI=1S/C11H15N5O3S/c1-5(17)20-3-2-6(18)9(19)8-7-10(12)13-4-14-11(7)16-15-8/h4,6,9,18-19H,2-3H2,1H3,(H3,12,13,14,15,16). The van der Waals surface area contributed by atoms with E-state index in [1.54, 1.807) is 0 Å². The van der Waals surface area contributed by atoms with Crippen LogP contribution in [0, 0.1) is 0 Å². The molecule has 2 atom stereocenters. The normalized spacial score (nSPS) is 14.3. The second kappa shape index (κ2) is 6.16. The number of anilines is 1. The number of nitrogens with zero attached hydrogens (tertiary/aromatic N) is 3. The maximum atomic E-state index is 10.8. The van der Waals surface area contributed by atoms with Crippen molar-refractivity contribution in [3.63, 3.8) is 0 Å². The van der Waals surface area contributed by atoms with Crippen LogP contribution in [0.15, 0.2) is 6.33 Å². The minimum Gasteiger partial charge on any atom is -0.390 e. The zero-order chi connectivity index (χ0) is 14.7. The summed E-state index contributed by atoms with van der Waals surface area (Å²) in [7, 11) is 0. The SMILES string of the molecule is CC(=O)SCCC(O)C(O)c1[nH]nc2ncnc(N)c12. The fourth-order valence-corrected chi connectivity index (χ4v) is 2.44. The number of aromatic amines is 1. The number of nitrogens with one attached hydrogen (secondary N) is 1. The van der Waals surface area contributed by atoms with Crippen LogP contribution < -0.4 is 5.73 Å². The van der Waals surface area contributed by atoms with Crippen LogP contribution in [-0.4, -0.2) is 47.4 Å². The average molecular weight is 297 g/mol. The molecule has 5 N–H and O–H groups in total. The predicted octanol–water partition coefficient (Wildman–Crippen LogP) is -0.000800. The summed E-state index contributed by atoms with van der Waals surface area (Å²) in [5.74, 6) is 0.606. The van der Waals surface area contributed by atoms with E-state index in [4.69, 9.17) is 5.73 Å². The van der Waals surface area contributed by atoms with E-state index in [0.717, 1.165) is 11.8 Å². The number of hydrogen-bond donors (Lipinski definition) is 4. The number of nitrogens with two attached hydrogens (primary N) is 1. The second-order valence-corrected chi connectivity index (χ2v) is 5.51. The molecule has 8 nitrogen and oxygen atoms in total. The van der Waals surface area contributed by atoms with Gasteiger partial charge in [0.05, 0.1) is 17.2 Å². The summed E-state index contributed by atoms with van der Waals surface area (Å²) in [5, 5.41) is 27.0. The van der Waals surface area contributed by atoms with Crippen molar-refractivity contribution in [2.45, 2.75) is 25.6 Å². The molecular weight excluding hydrogens is 282 g/mol. The molecule has 0 saturated heterocycles. The van der Waals surface area contributed by atoms with E-state index in [2.05, 4.69) is 20.2 Å². The van der Waals surface area contributed by atoms with Gasteiger partial charge in [0, 0.05) is 12.7 Å². The molecule has 0 aromatic carbocycles. The fraction of sp³-hybridized carbons (Fsp3) is 0.455. The van der Waals surface area contributed by atoms with Gasteiger partial charge in [0.15, 0.2) is 10.8 Å². The Hall–Kier alpha value is -1.71. The molecule has 0 radical (unpaired) electrons. The first-order valence-electron chi connectivity index (χ1n) is 5.94. The zero-order valence-electron chi connectivity index (χ0n) is 10.8. The zero-order valence-corrected chi connectivity index (χ0v) is 11.6. The Kier molecular flexibility index (Phi) is 4.53. The first kappa shape index (κ1) is 14.7. The van der Waals surface area contributed by atoms with Crippen molar-refractivity contribution < 1.29 is 15.0 Å². The molecule has 0 aliphatic heterocycles. The van der Waals surface area contributed by atoms with Crippen molar-refractivity contribution in [1.82, 2.24) is 20.2 Å². The minimum atomic E-state index is -1.19. The van der Waals surface area contributed by atoms with Crippen molar-refractivity contribution in [3.8, 4) is 0 Å². The average Bonchev–Trinajstić information content (AvgIpc) is 2.82. The molecule has 0 saturated carbocycles. The van der Waals surface area contributed by atoms with Crippen LogP contribution in [0.2, 0.25) is 0 Å². The monoisotopic (exact) mass is 297 g/mol. The van der Waals surface area contributed by atoms with Crippen LogP contribution in [-0.2, 0) is 4.79 Å². The van der Waals surface area contributed by atoms with E-state index < -0.39 is 12.2 Å². The summed E-state index contributed by atoms with van der Waals surface area (Å²) in [6, 6.07) is 0. The van der Waals surface area contributed by atoms with Gasteiger partial charge in [0.25, 0.3) is 0 Å². The Labute approximate surface area is 118 Å². The predicted molar refractivity (Wildman–Crippen MR) is 74.8 cm³/mol. The Balaban J connectivity index is 2.14. The summed E-state index contributed by atoms with van der Waals surface area (Å²) in [6.07, 6.45) is -0.695. The quantitative estimate of drug-likeness (QED) is 0.605. The van der Waals surface area contributed by atoms with Gasteiger partial charge in [-0.15, -0.1) is 0 Å². The Morgan fingerprint density at radius 2 is 2.25 bits per heavy atom. The number of rotatable bonds is 5. The number of nitrogen functional groups attached to an aromatic ring is 1. The van der Waals surface area contributed by atoms with Gasteiger partial charge in [-0.25, -0.2) is 9.97 Å². The van der Waals surface area contributed by atoms with Crippen LogP contribution >= 0.6 is 11.8 Å². The number of aliphatic hydroxyl groups is 2. The first-order chi connectivity index (χ1) is 9.50. The van der Waals surface area contributed by atoms with Crippen molar-refractivity contribution in [3.05, 3.63) is 12.0 Å². The molecule has 108 valence electrons.